The van der Waals surface area contributed by atoms with Crippen LogP contribution in [-0.2, 0) is 0 Å². The van der Waals surface area contributed by atoms with Crippen LogP contribution in [0.5, 0.6) is 0 Å². The predicted molar refractivity (Wildman–Crippen MR) is 75.0 cm³/mol. The summed E-state index contributed by atoms with van der Waals surface area (Å²) in [5.74, 6) is 1.25. The maximum Gasteiger partial charge on any atom is 0.251 e. The summed E-state index contributed by atoms with van der Waals surface area (Å²) >= 11 is 1.82. The molecular formula is C14H18FNO2S. The van der Waals surface area contributed by atoms with E-state index < -0.39 is 5.60 Å². The van der Waals surface area contributed by atoms with Gasteiger partial charge in [0.15, 0.2) is 0 Å². The molecule has 19 heavy (non-hydrogen) atoms. The van der Waals surface area contributed by atoms with E-state index in [0.29, 0.717) is 24.0 Å². The zero-order chi connectivity index (χ0) is 13.9. The zero-order valence-corrected chi connectivity index (χ0v) is 11.7. The summed E-state index contributed by atoms with van der Waals surface area (Å²) in [5, 5.41) is 13.0. The monoisotopic (exact) mass is 283 g/mol. The molecule has 0 bridgehead atoms. The molecule has 0 aromatic heterocycles. The maximum absolute atomic E-state index is 13.1. The number of aliphatic hydroxyl groups is 1. The summed E-state index contributed by atoms with van der Waals surface area (Å²) in [6, 6.07) is 4.26. The molecule has 104 valence electrons. The standard InChI is InChI=1S/C14H18FNO2S/c1-10-8-11(2-3-12(10)15)13(17)16-9-14(18)4-6-19-7-5-14/h2-3,8,18H,4-7,9H2,1H3,(H,16,17). The molecule has 3 nitrogen and oxygen atoms in total. The predicted octanol–water partition coefficient (Wildman–Crippen LogP) is 2.12. The van der Waals surface area contributed by atoms with Crippen molar-refractivity contribution in [3.8, 4) is 0 Å². The third-order valence-corrected chi connectivity index (χ3v) is 4.41. The molecule has 1 heterocycles. The van der Waals surface area contributed by atoms with E-state index >= 15 is 0 Å². The van der Waals surface area contributed by atoms with Crippen LogP contribution in [0.2, 0.25) is 0 Å². The van der Waals surface area contributed by atoms with Crippen molar-refractivity contribution in [2.75, 3.05) is 18.1 Å². The first-order valence-corrected chi connectivity index (χ1v) is 7.50. The lowest BCUT2D eigenvalue weighted by molar-refractivity contribution is 0.0311. The second-order valence-electron chi connectivity index (χ2n) is 4.98. The van der Waals surface area contributed by atoms with Crippen LogP contribution in [0.1, 0.15) is 28.8 Å². The highest BCUT2D eigenvalue weighted by Gasteiger charge is 2.29. The fourth-order valence-corrected chi connectivity index (χ4v) is 3.31. The third kappa shape index (κ3) is 3.70. The molecule has 1 aliphatic rings. The van der Waals surface area contributed by atoms with Crippen molar-refractivity contribution in [3.05, 3.63) is 35.1 Å². The molecule has 0 saturated carbocycles. The Kier molecular flexibility index (Phi) is 4.47. The molecule has 1 amide bonds. The number of thioether (sulfide) groups is 1. The van der Waals surface area contributed by atoms with Gasteiger partial charge in [-0.1, -0.05) is 0 Å². The number of rotatable bonds is 3. The Bertz CT molecular complexity index is 473. The van der Waals surface area contributed by atoms with Gasteiger partial charge in [-0.3, -0.25) is 4.79 Å². The minimum absolute atomic E-state index is 0.253. The molecule has 1 aromatic rings. The van der Waals surface area contributed by atoms with Crippen molar-refractivity contribution in [2.45, 2.75) is 25.4 Å². The van der Waals surface area contributed by atoms with Crippen molar-refractivity contribution in [1.29, 1.82) is 0 Å². The van der Waals surface area contributed by atoms with E-state index in [9.17, 15) is 14.3 Å². The largest absolute Gasteiger partial charge is 0.388 e. The number of carbonyl (C=O) groups is 1. The van der Waals surface area contributed by atoms with Crippen LogP contribution in [0.25, 0.3) is 0 Å². The van der Waals surface area contributed by atoms with E-state index in [1.54, 1.807) is 6.92 Å². The van der Waals surface area contributed by atoms with E-state index in [1.165, 1.54) is 18.2 Å². The van der Waals surface area contributed by atoms with Crippen LogP contribution >= 0.6 is 11.8 Å². The van der Waals surface area contributed by atoms with Gasteiger partial charge in [0.25, 0.3) is 5.91 Å². The van der Waals surface area contributed by atoms with Crippen LogP contribution in [0, 0.1) is 12.7 Å². The Morgan fingerprint density at radius 1 is 1.47 bits per heavy atom. The van der Waals surface area contributed by atoms with Crippen LogP contribution in [0.4, 0.5) is 4.39 Å². The van der Waals surface area contributed by atoms with Crippen LogP contribution < -0.4 is 5.32 Å². The molecule has 5 heteroatoms. The number of aryl methyl sites for hydroxylation is 1. The van der Waals surface area contributed by atoms with Gasteiger partial charge in [-0.15, -0.1) is 0 Å². The number of benzene rings is 1. The summed E-state index contributed by atoms with van der Waals surface area (Å²) in [4.78, 5) is 11.9. The molecule has 1 aromatic carbocycles. The Morgan fingerprint density at radius 2 is 2.16 bits per heavy atom. The Labute approximate surface area is 116 Å². The van der Waals surface area contributed by atoms with Gasteiger partial charge in [-0.05, 0) is 55.0 Å². The molecule has 1 aliphatic heterocycles. The van der Waals surface area contributed by atoms with E-state index in [0.717, 1.165) is 11.5 Å². The summed E-state index contributed by atoms with van der Waals surface area (Å²) in [7, 11) is 0. The third-order valence-electron chi connectivity index (χ3n) is 3.42. The molecule has 0 aliphatic carbocycles. The average molecular weight is 283 g/mol. The lowest BCUT2D eigenvalue weighted by atomic mass is 9.96. The highest BCUT2D eigenvalue weighted by molar-refractivity contribution is 7.99. The normalized spacial score (nSPS) is 18.1. The van der Waals surface area contributed by atoms with E-state index in [-0.39, 0.29) is 18.3 Å². The van der Waals surface area contributed by atoms with E-state index in [2.05, 4.69) is 5.32 Å². The van der Waals surface area contributed by atoms with Crippen molar-refractivity contribution < 1.29 is 14.3 Å². The van der Waals surface area contributed by atoms with Crippen molar-refractivity contribution in [1.82, 2.24) is 5.32 Å². The first kappa shape index (κ1) is 14.3. The molecule has 1 fully saturated rings. The zero-order valence-electron chi connectivity index (χ0n) is 10.9. The van der Waals surface area contributed by atoms with Gasteiger partial charge in [0, 0.05) is 12.1 Å². The SMILES string of the molecule is Cc1cc(C(=O)NCC2(O)CCSCC2)ccc1F. The first-order chi connectivity index (χ1) is 9.00. The minimum Gasteiger partial charge on any atom is -0.388 e. The number of halogens is 1. The smallest absolute Gasteiger partial charge is 0.251 e. The molecule has 2 rings (SSSR count). The average Bonchev–Trinajstić information content (AvgIpc) is 2.40. The summed E-state index contributed by atoms with van der Waals surface area (Å²) in [6.07, 6.45) is 1.39. The lowest BCUT2D eigenvalue weighted by Gasteiger charge is -2.31. The quantitative estimate of drug-likeness (QED) is 0.893. The first-order valence-electron chi connectivity index (χ1n) is 6.35. The number of amides is 1. The highest BCUT2D eigenvalue weighted by atomic mass is 32.2. The molecule has 0 atom stereocenters. The van der Waals surface area contributed by atoms with Crippen LogP contribution in [-0.4, -0.2) is 34.7 Å². The van der Waals surface area contributed by atoms with Gasteiger partial charge in [-0.2, -0.15) is 11.8 Å². The highest BCUT2D eigenvalue weighted by Crippen LogP contribution is 2.26. The van der Waals surface area contributed by atoms with Gasteiger partial charge in [0.05, 0.1) is 5.60 Å². The molecular weight excluding hydrogens is 265 g/mol. The second-order valence-corrected chi connectivity index (χ2v) is 6.21. The maximum atomic E-state index is 13.1. The van der Waals surface area contributed by atoms with Gasteiger partial charge < -0.3 is 10.4 Å². The Morgan fingerprint density at radius 3 is 2.79 bits per heavy atom. The van der Waals surface area contributed by atoms with Gasteiger partial charge in [0.2, 0.25) is 0 Å². The summed E-state index contributed by atoms with van der Waals surface area (Å²) < 4.78 is 13.1. The van der Waals surface area contributed by atoms with Crippen molar-refractivity contribution >= 4 is 17.7 Å². The molecule has 1 saturated heterocycles. The van der Waals surface area contributed by atoms with Gasteiger partial charge in [0.1, 0.15) is 5.82 Å². The fraction of sp³-hybridized carbons (Fsp3) is 0.500. The van der Waals surface area contributed by atoms with Crippen molar-refractivity contribution in [2.24, 2.45) is 0 Å². The minimum atomic E-state index is -0.796. The molecule has 0 spiro atoms. The van der Waals surface area contributed by atoms with Crippen LogP contribution in [0.15, 0.2) is 18.2 Å². The summed E-state index contributed by atoms with van der Waals surface area (Å²) in [5.41, 5.74) is 0.0730. The number of carbonyl (C=O) groups excluding carboxylic acids is 1. The Hall–Kier alpha value is -1.07. The van der Waals surface area contributed by atoms with Gasteiger partial charge >= 0.3 is 0 Å². The van der Waals surface area contributed by atoms with Crippen LogP contribution in [0.3, 0.4) is 0 Å². The lowest BCUT2D eigenvalue weighted by Crippen LogP contribution is -2.45. The molecule has 0 radical (unpaired) electrons. The number of hydrogen-bond acceptors (Lipinski definition) is 3. The molecule has 0 unspecified atom stereocenters. The number of hydrogen-bond donors (Lipinski definition) is 2. The number of nitrogens with one attached hydrogen (secondary N) is 1. The Balaban J connectivity index is 1.95. The van der Waals surface area contributed by atoms with Crippen molar-refractivity contribution in [3.63, 3.8) is 0 Å². The molecule has 2 N–H and O–H groups in total. The second kappa shape index (κ2) is 5.92. The topological polar surface area (TPSA) is 49.3 Å². The van der Waals surface area contributed by atoms with Gasteiger partial charge in [-0.25, -0.2) is 4.39 Å². The summed E-state index contributed by atoms with van der Waals surface area (Å²) in [6.45, 7) is 1.88. The van der Waals surface area contributed by atoms with E-state index in [1.807, 2.05) is 11.8 Å². The fourth-order valence-electron chi connectivity index (χ4n) is 2.06. The van der Waals surface area contributed by atoms with E-state index in [4.69, 9.17) is 0 Å².